The third-order valence-corrected chi connectivity index (χ3v) is 5.33. The molecule has 2 saturated heterocycles. The van der Waals surface area contributed by atoms with Crippen LogP contribution in [0.3, 0.4) is 0 Å². The molecule has 2 heterocycles. The van der Waals surface area contributed by atoms with E-state index < -0.39 is 0 Å². The molecule has 0 bridgehead atoms. The van der Waals surface area contributed by atoms with Gasteiger partial charge in [-0.3, -0.25) is 9.59 Å². The molecule has 5 nitrogen and oxygen atoms in total. The maximum Gasteiger partial charge on any atom is 0.253 e. The lowest BCUT2D eigenvalue weighted by Gasteiger charge is -2.34. The maximum atomic E-state index is 12.7. The molecule has 2 unspecified atom stereocenters. The van der Waals surface area contributed by atoms with E-state index in [2.05, 4.69) is 0 Å². The summed E-state index contributed by atoms with van der Waals surface area (Å²) in [7, 11) is 0. The van der Waals surface area contributed by atoms with Crippen LogP contribution in [-0.4, -0.2) is 54.3 Å². The number of likely N-dealkylation sites (tertiary alicyclic amines) is 2. The van der Waals surface area contributed by atoms with Gasteiger partial charge in [0, 0.05) is 36.8 Å². The number of piperidine rings is 1. The fraction of sp³-hybridized carbons (Fsp3) is 0.556. The van der Waals surface area contributed by atoms with Crippen LogP contribution in [0.5, 0.6) is 0 Å². The van der Waals surface area contributed by atoms with Gasteiger partial charge in [-0.2, -0.15) is 0 Å². The molecule has 0 aliphatic carbocycles. The Balaban J connectivity index is 0.00000225. The first kappa shape index (κ1) is 20.0. The van der Waals surface area contributed by atoms with Crippen molar-refractivity contribution in [2.45, 2.75) is 19.3 Å². The van der Waals surface area contributed by atoms with E-state index in [-0.39, 0.29) is 30.1 Å². The van der Waals surface area contributed by atoms with Crippen molar-refractivity contribution in [3.63, 3.8) is 0 Å². The highest BCUT2D eigenvalue weighted by Gasteiger charge is 2.34. The zero-order valence-corrected chi connectivity index (χ0v) is 15.8. The molecule has 7 heteroatoms. The summed E-state index contributed by atoms with van der Waals surface area (Å²) in [6, 6.07) is 6.92. The highest BCUT2D eigenvalue weighted by Crippen LogP contribution is 2.24. The molecule has 25 heavy (non-hydrogen) atoms. The first-order valence-electron chi connectivity index (χ1n) is 8.62. The van der Waals surface area contributed by atoms with Crippen LogP contribution in [0.25, 0.3) is 0 Å². The molecule has 2 aliphatic rings. The second-order valence-corrected chi connectivity index (χ2v) is 7.21. The second-order valence-electron chi connectivity index (χ2n) is 6.77. The normalized spacial score (nSPS) is 23.3. The number of hydrogen-bond donors (Lipinski definition) is 1. The minimum absolute atomic E-state index is 0. The second kappa shape index (κ2) is 8.88. The Labute approximate surface area is 159 Å². The smallest absolute Gasteiger partial charge is 0.253 e. The van der Waals surface area contributed by atoms with Crippen LogP contribution < -0.4 is 5.73 Å². The molecule has 0 saturated carbocycles. The molecule has 2 aliphatic heterocycles. The van der Waals surface area contributed by atoms with Gasteiger partial charge in [0.1, 0.15) is 0 Å². The van der Waals surface area contributed by atoms with Gasteiger partial charge >= 0.3 is 0 Å². The molecule has 2 atom stereocenters. The number of halogens is 2. The summed E-state index contributed by atoms with van der Waals surface area (Å²) in [5.74, 6) is 0.487. The van der Waals surface area contributed by atoms with E-state index in [0.29, 0.717) is 36.1 Å². The first-order valence-corrected chi connectivity index (χ1v) is 9.00. The molecule has 0 aromatic heterocycles. The minimum Gasteiger partial charge on any atom is -0.342 e. The summed E-state index contributed by atoms with van der Waals surface area (Å²) in [6.45, 7) is 3.40. The van der Waals surface area contributed by atoms with Crippen LogP contribution in [-0.2, 0) is 4.79 Å². The van der Waals surface area contributed by atoms with Crippen molar-refractivity contribution in [2.24, 2.45) is 17.6 Å². The molecule has 2 amide bonds. The molecular weight excluding hydrogens is 361 g/mol. The van der Waals surface area contributed by atoms with Gasteiger partial charge in [0.2, 0.25) is 5.91 Å². The van der Waals surface area contributed by atoms with Gasteiger partial charge in [0.15, 0.2) is 0 Å². The van der Waals surface area contributed by atoms with E-state index in [4.69, 9.17) is 17.3 Å². The quantitative estimate of drug-likeness (QED) is 0.868. The highest BCUT2D eigenvalue weighted by molar-refractivity contribution is 6.30. The lowest BCUT2D eigenvalue weighted by Crippen LogP contribution is -2.46. The fourth-order valence-corrected chi connectivity index (χ4v) is 3.75. The van der Waals surface area contributed by atoms with Crippen molar-refractivity contribution < 1.29 is 9.59 Å². The predicted octanol–water partition coefficient (Wildman–Crippen LogP) is 2.42. The summed E-state index contributed by atoms with van der Waals surface area (Å²) >= 11 is 5.88. The summed E-state index contributed by atoms with van der Waals surface area (Å²) < 4.78 is 0. The van der Waals surface area contributed by atoms with Gasteiger partial charge < -0.3 is 15.5 Å². The monoisotopic (exact) mass is 385 g/mol. The topological polar surface area (TPSA) is 66.6 Å². The Hall–Kier alpha value is -1.30. The van der Waals surface area contributed by atoms with Gasteiger partial charge in [0.05, 0.1) is 5.92 Å². The van der Waals surface area contributed by atoms with Crippen molar-refractivity contribution in [3.05, 3.63) is 34.9 Å². The van der Waals surface area contributed by atoms with Gasteiger partial charge in [-0.1, -0.05) is 11.6 Å². The van der Waals surface area contributed by atoms with Crippen LogP contribution in [0.4, 0.5) is 0 Å². The fourth-order valence-electron chi connectivity index (χ4n) is 3.62. The molecule has 0 radical (unpaired) electrons. The Bertz CT molecular complexity index is 609. The molecule has 3 rings (SSSR count). The van der Waals surface area contributed by atoms with Crippen molar-refractivity contribution in [3.8, 4) is 0 Å². The summed E-state index contributed by atoms with van der Waals surface area (Å²) in [5.41, 5.74) is 6.33. The molecule has 1 aromatic rings. The van der Waals surface area contributed by atoms with E-state index in [1.54, 1.807) is 29.2 Å². The van der Waals surface area contributed by atoms with Crippen LogP contribution in [0.2, 0.25) is 5.02 Å². The van der Waals surface area contributed by atoms with Crippen molar-refractivity contribution in [1.82, 2.24) is 9.80 Å². The highest BCUT2D eigenvalue weighted by atomic mass is 35.5. The van der Waals surface area contributed by atoms with Crippen molar-refractivity contribution >= 4 is 35.8 Å². The summed E-state index contributed by atoms with van der Waals surface area (Å²) in [6.07, 6.45) is 2.71. The third-order valence-electron chi connectivity index (χ3n) is 5.08. The maximum absolute atomic E-state index is 12.7. The average Bonchev–Trinajstić information content (AvgIpc) is 3.10. The van der Waals surface area contributed by atoms with Crippen LogP contribution in [0.15, 0.2) is 24.3 Å². The largest absolute Gasteiger partial charge is 0.342 e. The number of carbonyl (C=O) groups excluding carboxylic acids is 2. The first-order chi connectivity index (χ1) is 11.6. The van der Waals surface area contributed by atoms with Crippen LogP contribution in [0.1, 0.15) is 29.6 Å². The molecule has 1 aromatic carbocycles. The van der Waals surface area contributed by atoms with Gasteiger partial charge in [-0.25, -0.2) is 0 Å². The number of hydrogen-bond acceptors (Lipinski definition) is 3. The standard InChI is InChI=1S/C18H24ClN3O2.ClH/c19-16-5-3-14(4-6-16)17(23)21-8-1-2-15(12-21)18(24)22-9-7-13(10-20)11-22;/h3-6,13,15H,1-2,7-12,20H2;1H. The Morgan fingerprint density at radius 2 is 1.80 bits per heavy atom. The van der Waals surface area contributed by atoms with E-state index >= 15 is 0 Å². The SMILES string of the molecule is Cl.NCC1CCN(C(=O)C2CCCN(C(=O)c3ccc(Cl)cc3)C2)C1. The molecule has 2 fully saturated rings. The summed E-state index contributed by atoms with van der Waals surface area (Å²) in [5, 5.41) is 0.613. The lowest BCUT2D eigenvalue weighted by molar-refractivity contribution is -0.136. The lowest BCUT2D eigenvalue weighted by atomic mass is 9.96. The number of rotatable bonds is 3. The molecule has 0 spiro atoms. The van der Waals surface area contributed by atoms with E-state index in [1.807, 2.05) is 4.90 Å². The Morgan fingerprint density at radius 3 is 2.44 bits per heavy atom. The molecular formula is C18H25Cl2N3O2. The van der Waals surface area contributed by atoms with Crippen molar-refractivity contribution in [2.75, 3.05) is 32.7 Å². The van der Waals surface area contributed by atoms with Gasteiger partial charge in [0.25, 0.3) is 5.91 Å². The number of benzene rings is 1. The summed E-state index contributed by atoms with van der Waals surface area (Å²) in [4.78, 5) is 29.1. The van der Waals surface area contributed by atoms with Gasteiger partial charge in [-0.15, -0.1) is 12.4 Å². The zero-order valence-electron chi connectivity index (χ0n) is 14.2. The van der Waals surface area contributed by atoms with E-state index in [9.17, 15) is 9.59 Å². The predicted molar refractivity (Wildman–Crippen MR) is 101 cm³/mol. The number of amides is 2. The van der Waals surface area contributed by atoms with Gasteiger partial charge in [-0.05, 0) is 56.0 Å². The minimum atomic E-state index is -0.0912. The Kier molecular flexibility index (Phi) is 7.11. The van der Waals surface area contributed by atoms with E-state index in [0.717, 1.165) is 32.4 Å². The van der Waals surface area contributed by atoms with Crippen molar-refractivity contribution in [1.29, 1.82) is 0 Å². The number of nitrogens with two attached hydrogens (primary N) is 1. The zero-order chi connectivity index (χ0) is 17.1. The third kappa shape index (κ3) is 4.66. The Morgan fingerprint density at radius 1 is 1.08 bits per heavy atom. The number of carbonyl (C=O) groups is 2. The number of nitrogens with zero attached hydrogens (tertiary/aromatic N) is 2. The van der Waals surface area contributed by atoms with E-state index in [1.165, 1.54) is 0 Å². The van der Waals surface area contributed by atoms with Crippen LogP contribution in [0, 0.1) is 11.8 Å². The van der Waals surface area contributed by atoms with Crippen LogP contribution >= 0.6 is 24.0 Å². The molecule has 138 valence electrons. The average molecular weight is 386 g/mol. The molecule has 2 N–H and O–H groups in total.